The van der Waals surface area contributed by atoms with E-state index in [1.807, 2.05) is 12.1 Å². The third kappa shape index (κ3) is 5.62. The van der Waals surface area contributed by atoms with Gasteiger partial charge in [-0.1, -0.05) is 35.5 Å². The quantitative estimate of drug-likeness (QED) is 0.342. The van der Waals surface area contributed by atoms with Gasteiger partial charge in [-0.05, 0) is 60.7 Å². The summed E-state index contributed by atoms with van der Waals surface area (Å²) in [6.45, 7) is 0. The normalized spacial score (nSPS) is 10.6. The van der Waals surface area contributed by atoms with E-state index in [2.05, 4.69) is 15.5 Å². The van der Waals surface area contributed by atoms with E-state index in [0.717, 1.165) is 11.8 Å². The van der Waals surface area contributed by atoms with Crippen molar-refractivity contribution < 1.29 is 18.3 Å². The number of hydrogen-bond acceptors (Lipinski definition) is 6. The number of nitrogens with one attached hydrogen (secondary N) is 1. The maximum absolute atomic E-state index is 13.0. The summed E-state index contributed by atoms with van der Waals surface area (Å²) in [5, 5.41) is 11.4. The van der Waals surface area contributed by atoms with Crippen LogP contribution in [0.2, 0.25) is 5.02 Å². The second kappa shape index (κ2) is 9.63. The summed E-state index contributed by atoms with van der Waals surface area (Å²) < 4.78 is 24.2. The number of amides is 1. The number of halogens is 2. The Morgan fingerprint density at radius 2 is 1.77 bits per heavy atom. The molecule has 9 heteroatoms. The first-order chi connectivity index (χ1) is 15.1. The molecule has 1 aromatic heterocycles. The molecule has 1 N–H and O–H groups in total. The largest absolute Gasteiger partial charge is 0.456 e. The number of carbonyl (C=O) groups is 1. The van der Waals surface area contributed by atoms with Crippen molar-refractivity contribution in [1.82, 2.24) is 10.2 Å². The number of thioether (sulfide) groups is 1. The van der Waals surface area contributed by atoms with Gasteiger partial charge in [0, 0.05) is 11.3 Å². The van der Waals surface area contributed by atoms with Crippen LogP contribution >= 0.6 is 23.4 Å². The average molecular weight is 456 g/mol. The molecule has 0 aliphatic carbocycles. The molecule has 4 rings (SSSR count). The van der Waals surface area contributed by atoms with Crippen LogP contribution < -0.4 is 10.1 Å². The number of ether oxygens (including phenoxy) is 1. The van der Waals surface area contributed by atoms with Crippen molar-refractivity contribution in [3.63, 3.8) is 0 Å². The first-order valence-corrected chi connectivity index (χ1v) is 10.5. The third-order valence-corrected chi connectivity index (χ3v) is 5.16. The molecule has 4 aromatic rings. The fourth-order valence-electron chi connectivity index (χ4n) is 2.56. The maximum Gasteiger partial charge on any atom is 0.277 e. The second-order valence-electron chi connectivity index (χ2n) is 6.27. The highest BCUT2D eigenvalue weighted by molar-refractivity contribution is 7.99. The molecule has 0 atom stereocenters. The van der Waals surface area contributed by atoms with E-state index in [0.29, 0.717) is 27.8 Å². The fourth-order valence-corrected chi connectivity index (χ4v) is 3.30. The predicted octanol–water partition coefficient (Wildman–Crippen LogP) is 6.05. The third-order valence-electron chi connectivity index (χ3n) is 4.03. The molecule has 6 nitrogen and oxygen atoms in total. The number of rotatable bonds is 7. The number of anilines is 1. The van der Waals surface area contributed by atoms with Crippen molar-refractivity contribution >= 4 is 35.0 Å². The fraction of sp³-hybridized carbons (Fsp3) is 0.0455. The molecule has 0 fully saturated rings. The minimum atomic E-state index is -0.349. The summed E-state index contributed by atoms with van der Waals surface area (Å²) in [5.41, 5.74) is 1.22. The minimum absolute atomic E-state index is 0.0862. The highest BCUT2D eigenvalue weighted by Crippen LogP contribution is 2.29. The monoisotopic (exact) mass is 455 g/mol. The molecule has 0 spiro atoms. The van der Waals surface area contributed by atoms with Crippen LogP contribution in [0.15, 0.2) is 82.4 Å². The summed E-state index contributed by atoms with van der Waals surface area (Å²) in [5.74, 6) is 0.918. The highest BCUT2D eigenvalue weighted by atomic mass is 35.5. The molecule has 1 heterocycles. The maximum atomic E-state index is 13.0. The van der Waals surface area contributed by atoms with Crippen molar-refractivity contribution in [2.45, 2.75) is 5.22 Å². The van der Waals surface area contributed by atoms with Gasteiger partial charge in [-0.3, -0.25) is 4.79 Å². The molecule has 0 saturated heterocycles. The van der Waals surface area contributed by atoms with Gasteiger partial charge in [0.1, 0.15) is 17.3 Å². The molecule has 0 radical (unpaired) electrons. The van der Waals surface area contributed by atoms with Crippen molar-refractivity contribution in [3.8, 4) is 23.0 Å². The molecule has 156 valence electrons. The van der Waals surface area contributed by atoms with Crippen LogP contribution in [0.3, 0.4) is 0 Å². The molecule has 3 aromatic carbocycles. The van der Waals surface area contributed by atoms with Crippen LogP contribution in [0.1, 0.15) is 0 Å². The average Bonchev–Trinajstić information content (AvgIpc) is 3.25. The van der Waals surface area contributed by atoms with Gasteiger partial charge >= 0.3 is 0 Å². The molecular weight excluding hydrogens is 441 g/mol. The molecule has 0 aliphatic heterocycles. The molecule has 0 aliphatic rings. The van der Waals surface area contributed by atoms with E-state index >= 15 is 0 Å². The van der Waals surface area contributed by atoms with E-state index in [4.69, 9.17) is 20.8 Å². The van der Waals surface area contributed by atoms with E-state index in [1.165, 1.54) is 12.1 Å². The minimum Gasteiger partial charge on any atom is -0.456 e. The number of carbonyl (C=O) groups excluding carboxylic acids is 1. The summed E-state index contributed by atoms with van der Waals surface area (Å²) >= 11 is 7.19. The lowest BCUT2D eigenvalue weighted by molar-refractivity contribution is -0.113. The van der Waals surface area contributed by atoms with E-state index < -0.39 is 0 Å². The number of para-hydroxylation sites is 1. The Balaban J connectivity index is 1.29. The van der Waals surface area contributed by atoms with Gasteiger partial charge in [0.2, 0.25) is 11.8 Å². The Hall–Kier alpha value is -3.36. The number of hydrogen-bond donors (Lipinski definition) is 1. The molecular formula is C22H15ClFN3O3S. The molecule has 0 saturated carbocycles. The molecule has 0 bridgehead atoms. The number of aromatic nitrogens is 2. The van der Waals surface area contributed by atoms with Crippen molar-refractivity contribution in [1.29, 1.82) is 0 Å². The Labute approximate surface area is 186 Å². The summed E-state index contributed by atoms with van der Waals surface area (Å²) in [6.07, 6.45) is 0. The summed E-state index contributed by atoms with van der Waals surface area (Å²) in [6, 6.07) is 19.8. The van der Waals surface area contributed by atoms with E-state index in [1.54, 1.807) is 48.5 Å². The lowest BCUT2D eigenvalue weighted by atomic mass is 10.2. The first-order valence-electron chi connectivity index (χ1n) is 9.11. The Bertz CT molecular complexity index is 1180. The predicted molar refractivity (Wildman–Crippen MR) is 117 cm³/mol. The standard InChI is InChI=1S/C22H15ClFN3O3S/c23-18-3-1-2-4-19(18)29-17-11-9-16(10-12-17)25-20(28)13-31-22-27-26-21(30-22)14-5-7-15(24)8-6-14/h1-12H,13H2,(H,25,28). The molecule has 0 unspecified atom stereocenters. The highest BCUT2D eigenvalue weighted by Gasteiger charge is 2.12. The summed E-state index contributed by atoms with van der Waals surface area (Å²) in [4.78, 5) is 12.2. The van der Waals surface area contributed by atoms with Crippen molar-refractivity contribution in [3.05, 3.63) is 83.6 Å². The zero-order chi connectivity index (χ0) is 21.6. The van der Waals surface area contributed by atoms with Crippen LogP contribution in [0, 0.1) is 5.82 Å². The topological polar surface area (TPSA) is 77.2 Å². The molecule has 1 amide bonds. The van der Waals surface area contributed by atoms with Crippen molar-refractivity contribution in [2.75, 3.05) is 11.1 Å². The second-order valence-corrected chi connectivity index (χ2v) is 7.61. The van der Waals surface area contributed by atoms with Crippen molar-refractivity contribution in [2.24, 2.45) is 0 Å². The van der Waals surface area contributed by atoms with Gasteiger partial charge in [-0.2, -0.15) is 0 Å². The van der Waals surface area contributed by atoms with E-state index in [-0.39, 0.29) is 28.6 Å². The van der Waals surface area contributed by atoms with E-state index in [9.17, 15) is 9.18 Å². The molecule has 31 heavy (non-hydrogen) atoms. The lowest BCUT2D eigenvalue weighted by Crippen LogP contribution is -2.13. The van der Waals surface area contributed by atoms with Gasteiger partial charge < -0.3 is 14.5 Å². The number of benzene rings is 3. The Kier molecular flexibility index (Phi) is 6.49. The SMILES string of the molecule is O=C(CSc1nnc(-c2ccc(F)cc2)o1)Nc1ccc(Oc2ccccc2Cl)cc1. The van der Waals surface area contributed by atoms with Crippen LogP contribution in [-0.2, 0) is 4.79 Å². The van der Waals surface area contributed by atoms with Gasteiger partial charge in [0.05, 0.1) is 10.8 Å². The van der Waals surface area contributed by atoms with Crippen LogP contribution in [0.25, 0.3) is 11.5 Å². The zero-order valence-corrected chi connectivity index (χ0v) is 17.5. The van der Waals surface area contributed by atoms with Gasteiger partial charge in [0.25, 0.3) is 5.22 Å². The lowest BCUT2D eigenvalue weighted by Gasteiger charge is -2.09. The van der Waals surface area contributed by atoms with Crippen LogP contribution in [-0.4, -0.2) is 21.9 Å². The zero-order valence-electron chi connectivity index (χ0n) is 15.9. The Morgan fingerprint density at radius 1 is 1.03 bits per heavy atom. The van der Waals surface area contributed by atoms with Gasteiger partial charge in [-0.25, -0.2) is 4.39 Å². The van der Waals surface area contributed by atoms with Crippen LogP contribution in [0.5, 0.6) is 11.5 Å². The smallest absolute Gasteiger partial charge is 0.277 e. The first kappa shape index (κ1) is 20.9. The summed E-state index contributed by atoms with van der Waals surface area (Å²) in [7, 11) is 0. The number of nitrogens with zero attached hydrogens (tertiary/aromatic N) is 2. The van der Waals surface area contributed by atoms with Gasteiger partial charge in [0.15, 0.2) is 0 Å². The van der Waals surface area contributed by atoms with Crippen LogP contribution in [0.4, 0.5) is 10.1 Å². The Morgan fingerprint density at radius 3 is 2.52 bits per heavy atom. The van der Waals surface area contributed by atoms with Gasteiger partial charge in [-0.15, -0.1) is 10.2 Å².